The molecule has 3 N–H and O–H groups in total. The summed E-state index contributed by atoms with van der Waals surface area (Å²) in [7, 11) is 0. The number of nitrogens with two attached hydrogens (primary N) is 1. The van der Waals surface area contributed by atoms with Crippen LogP contribution in [0.4, 0.5) is 0 Å². The Balaban J connectivity index is 2.34. The second kappa shape index (κ2) is 7.43. The highest BCUT2D eigenvalue weighted by Crippen LogP contribution is 2.34. The van der Waals surface area contributed by atoms with Crippen LogP contribution in [0.3, 0.4) is 0 Å². The number of rotatable bonds is 7. The monoisotopic (exact) mass is 259 g/mol. The van der Waals surface area contributed by atoms with Gasteiger partial charge in [-0.25, -0.2) is 0 Å². The summed E-state index contributed by atoms with van der Waals surface area (Å²) in [4.78, 5) is 0. The van der Waals surface area contributed by atoms with Crippen LogP contribution in [0.15, 0.2) is 0 Å². The normalized spacial score (nSPS) is 30.7. The fraction of sp³-hybridized carbons (Fsp3) is 1.00. The van der Waals surface area contributed by atoms with E-state index in [-0.39, 0.29) is 11.7 Å². The molecule has 0 spiro atoms. The van der Waals surface area contributed by atoms with Gasteiger partial charge in [0.05, 0.1) is 24.9 Å². The van der Waals surface area contributed by atoms with E-state index in [4.69, 9.17) is 15.2 Å². The van der Waals surface area contributed by atoms with Crippen molar-refractivity contribution in [2.24, 2.45) is 11.7 Å². The minimum atomic E-state index is -0.562. The fourth-order valence-corrected chi connectivity index (χ4v) is 2.61. The Morgan fingerprint density at radius 2 is 2.11 bits per heavy atom. The van der Waals surface area contributed by atoms with Gasteiger partial charge in [-0.1, -0.05) is 19.8 Å². The summed E-state index contributed by atoms with van der Waals surface area (Å²) in [5.74, 6) is 0.659. The van der Waals surface area contributed by atoms with Crippen LogP contribution in [-0.2, 0) is 9.47 Å². The lowest BCUT2D eigenvalue weighted by molar-refractivity contribution is -0.116. The molecule has 3 unspecified atom stereocenters. The standard InChI is InChI=1S/C14H29NO3/c1-11(2)17-8-13(16)9-18-14(10-15)6-4-5-12(3)7-14/h11-13,16H,4-10,15H2,1-3H3. The van der Waals surface area contributed by atoms with E-state index in [9.17, 15) is 5.11 Å². The van der Waals surface area contributed by atoms with E-state index in [0.717, 1.165) is 19.3 Å². The lowest BCUT2D eigenvalue weighted by atomic mass is 9.79. The molecule has 0 bridgehead atoms. The zero-order valence-corrected chi connectivity index (χ0v) is 12.0. The van der Waals surface area contributed by atoms with Gasteiger partial charge in [-0.2, -0.15) is 0 Å². The van der Waals surface area contributed by atoms with Crippen LogP contribution >= 0.6 is 0 Å². The van der Waals surface area contributed by atoms with Crippen molar-refractivity contribution >= 4 is 0 Å². The molecule has 1 rings (SSSR count). The summed E-state index contributed by atoms with van der Waals surface area (Å²) >= 11 is 0. The van der Waals surface area contributed by atoms with E-state index in [1.54, 1.807) is 0 Å². The zero-order valence-electron chi connectivity index (χ0n) is 12.0. The van der Waals surface area contributed by atoms with Crippen LogP contribution in [0.25, 0.3) is 0 Å². The Morgan fingerprint density at radius 3 is 2.67 bits per heavy atom. The molecule has 4 nitrogen and oxygen atoms in total. The Kier molecular flexibility index (Phi) is 6.57. The third kappa shape index (κ3) is 5.22. The van der Waals surface area contributed by atoms with E-state index < -0.39 is 6.10 Å². The average Bonchev–Trinajstić information content (AvgIpc) is 2.34. The van der Waals surface area contributed by atoms with Crippen molar-refractivity contribution in [1.82, 2.24) is 0 Å². The van der Waals surface area contributed by atoms with Gasteiger partial charge in [-0.15, -0.1) is 0 Å². The van der Waals surface area contributed by atoms with Crippen molar-refractivity contribution < 1.29 is 14.6 Å². The average molecular weight is 259 g/mol. The number of aliphatic hydroxyl groups excluding tert-OH is 1. The van der Waals surface area contributed by atoms with Crippen molar-refractivity contribution in [3.8, 4) is 0 Å². The first kappa shape index (κ1) is 15.9. The molecule has 3 atom stereocenters. The molecular weight excluding hydrogens is 230 g/mol. The third-order valence-corrected chi connectivity index (χ3v) is 3.63. The quantitative estimate of drug-likeness (QED) is 0.730. The van der Waals surface area contributed by atoms with Gasteiger partial charge in [-0.3, -0.25) is 0 Å². The Hall–Kier alpha value is -0.160. The molecule has 108 valence electrons. The van der Waals surface area contributed by atoms with E-state index in [1.807, 2.05) is 13.8 Å². The molecule has 0 aromatic rings. The zero-order chi connectivity index (χ0) is 13.6. The van der Waals surface area contributed by atoms with Gasteiger partial charge in [0.15, 0.2) is 0 Å². The SMILES string of the molecule is CC1CCCC(CN)(OCC(O)COC(C)C)C1. The van der Waals surface area contributed by atoms with Crippen LogP contribution in [0, 0.1) is 5.92 Å². The Bertz CT molecular complexity index is 235. The molecule has 0 radical (unpaired) electrons. The number of hydrogen-bond acceptors (Lipinski definition) is 4. The molecule has 1 aliphatic carbocycles. The van der Waals surface area contributed by atoms with Crippen molar-refractivity contribution in [2.45, 2.75) is 64.3 Å². The molecule has 18 heavy (non-hydrogen) atoms. The highest BCUT2D eigenvalue weighted by atomic mass is 16.5. The molecule has 0 saturated heterocycles. The highest BCUT2D eigenvalue weighted by molar-refractivity contribution is 4.88. The van der Waals surface area contributed by atoms with Crippen LogP contribution in [0.5, 0.6) is 0 Å². The second-order valence-electron chi connectivity index (χ2n) is 5.94. The third-order valence-electron chi connectivity index (χ3n) is 3.63. The summed E-state index contributed by atoms with van der Waals surface area (Å²) in [5, 5.41) is 9.81. The summed E-state index contributed by atoms with van der Waals surface area (Å²) < 4.78 is 11.3. The van der Waals surface area contributed by atoms with Crippen LogP contribution in [0.1, 0.15) is 46.5 Å². The first-order valence-electron chi connectivity index (χ1n) is 7.11. The van der Waals surface area contributed by atoms with Crippen molar-refractivity contribution in [3.05, 3.63) is 0 Å². The highest BCUT2D eigenvalue weighted by Gasteiger charge is 2.35. The Labute approximate surface area is 111 Å². The van der Waals surface area contributed by atoms with Crippen LogP contribution in [0.2, 0.25) is 0 Å². The van der Waals surface area contributed by atoms with Crippen molar-refractivity contribution in [2.75, 3.05) is 19.8 Å². The second-order valence-corrected chi connectivity index (χ2v) is 5.94. The lowest BCUT2D eigenvalue weighted by Gasteiger charge is -2.39. The van der Waals surface area contributed by atoms with Crippen LogP contribution in [-0.4, -0.2) is 42.7 Å². The Morgan fingerprint density at radius 1 is 1.39 bits per heavy atom. The molecule has 0 aliphatic heterocycles. The number of hydrogen-bond donors (Lipinski definition) is 2. The summed E-state index contributed by atoms with van der Waals surface area (Å²) in [6.07, 6.45) is 4.00. The van der Waals surface area contributed by atoms with Gasteiger partial charge in [-0.05, 0) is 32.6 Å². The van der Waals surface area contributed by atoms with Gasteiger partial charge in [0.25, 0.3) is 0 Å². The summed E-state index contributed by atoms with van der Waals surface area (Å²) in [5.41, 5.74) is 5.65. The summed E-state index contributed by atoms with van der Waals surface area (Å²) in [6.45, 7) is 7.33. The molecule has 0 heterocycles. The maximum atomic E-state index is 9.81. The predicted molar refractivity (Wildman–Crippen MR) is 72.5 cm³/mol. The van der Waals surface area contributed by atoms with Gasteiger partial charge < -0.3 is 20.3 Å². The van der Waals surface area contributed by atoms with E-state index in [2.05, 4.69) is 6.92 Å². The minimum Gasteiger partial charge on any atom is -0.388 e. The minimum absolute atomic E-state index is 0.137. The molecule has 1 saturated carbocycles. The smallest absolute Gasteiger partial charge is 0.101 e. The van der Waals surface area contributed by atoms with E-state index >= 15 is 0 Å². The number of ether oxygens (including phenoxy) is 2. The molecule has 0 aromatic heterocycles. The summed E-state index contributed by atoms with van der Waals surface area (Å²) in [6, 6.07) is 0. The van der Waals surface area contributed by atoms with E-state index in [0.29, 0.717) is 25.7 Å². The predicted octanol–water partition coefficient (Wildman–Crippen LogP) is 1.70. The first-order valence-corrected chi connectivity index (χ1v) is 7.11. The molecule has 0 amide bonds. The van der Waals surface area contributed by atoms with Gasteiger partial charge in [0.2, 0.25) is 0 Å². The maximum absolute atomic E-state index is 9.81. The topological polar surface area (TPSA) is 64.7 Å². The van der Waals surface area contributed by atoms with Gasteiger partial charge in [0.1, 0.15) is 6.10 Å². The van der Waals surface area contributed by atoms with Crippen molar-refractivity contribution in [1.29, 1.82) is 0 Å². The lowest BCUT2D eigenvalue weighted by Crippen LogP contribution is -2.46. The molecule has 1 aliphatic rings. The molecule has 0 aromatic carbocycles. The van der Waals surface area contributed by atoms with Gasteiger partial charge >= 0.3 is 0 Å². The largest absolute Gasteiger partial charge is 0.388 e. The molecule has 1 fully saturated rings. The molecular formula is C14H29NO3. The molecule has 4 heteroatoms. The van der Waals surface area contributed by atoms with Gasteiger partial charge in [0, 0.05) is 6.54 Å². The van der Waals surface area contributed by atoms with Crippen molar-refractivity contribution in [3.63, 3.8) is 0 Å². The van der Waals surface area contributed by atoms with Crippen LogP contribution < -0.4 is 5.73 Å². The van der Waals surface area contributed by atoms with E-state index in [1.165, 1.54) is 6.42 Å². The maximum Gasteiger partial charge on any atom is 0.101 e. The number of aliphatic hydroxyl groups is 1. The first-order chi connectivity index (χ1) is 8.47. The fourth-order valence-electron chi connectivity index (χ4n) is 2.61.